The molecule has 1 rings (SSSR count). The zero-order valence-corrected chi connectivity index (χ0v) is 9.27. The molecule has 0 atom stereocenters. The SMILES string of the molecule is CCc1ccc(N)c(C#CCCN=[N+]=[N-])c1. The first kappa shape index (κ1) is 12.0. The van der Waals surface area contributed by atoms with Gasteiger partial charge >= 0.3 is 0 Å². The smallest absolute Gasteiger partial charge is 0.0477 e. The van der Waals surface area contributed by atoms with Crippen LogP contribution in [0.2, 0.25) is 0 Å². The van der Waals surface area contributed by atoms with Crippen LogP contribution in [0.1, 0.15) is 24.5 Å². The molecule has 0 heterocycles. The number of hydrogen-bond acceptors (Lipinski definition) is 2. The van der Waals surface area contributed by atoms with Crippen molar-refractivity contribution < 1.29 is 0 Å². The first-order chi connectivity index (χ1) is 7.77. The second-order valence-corrected chi connectivity index (χ2v) is 3.28. The van der Waals surface area contributed by atoms with Crippen LogP contribution >= 0.6 is 0 Å². The zero-order valence-electron chi connectivity index (χ0n) is 9.27. The van der Waals surface area contributed by atoms with Gasteiger partial charge in [0.25, 0.3) is 0 Å². The van der Waals surface area contributed by atoms with E-state index in [1.54, 1.807) is 0 Å². The van der Waals surface area contributed by atoms with Crippen molar-refractivity contribution in [1.29, 1.82) is 0 Å². The normalized spacial score (nSPS) is 8.81. The van der Waals surface area contributed by atoms with Crippen molar-refractivity contribution >= 4 is 5.69 Å². The Morgan fingerprint density at radius 2 is 2.31 bits per heavy atom. The topological polar surface area (TPSA) is 74.8 Å². The number of aryl methyl sites for hydroxylation is 1. The van der Waals surface area contributed by atoms with Crippen LogP contribution in [-0.4, -0.2) is 6.54 Å². The molecule has 0 spiro atoms. The minimum Gasteiger partial charge on any atom is -0.398 e. The van der Waals surface area contributed by atoms with Crippen molar-refractivity contribution in [2.24, 2.45) is 5.11 Å². The van der Waals surface area contributed by atoms with E-state index in [-0.39, 0.29) is 0 Å². The van der Waals surface area contributed by atoms with Gasteiger partial charge in [0, 0.05) is 29.1 Å². The molecule has 0 radical (unpaired) electrons. The molecule has 0 aliphatic heterocycles. The molecule has 0 bridgehead atoms. The van der Waals surface area contributed by atoms with E-state index >= 15 is 0 Å². The molecule has 4 nitrogen and oxygen atoms in total. The maximum Gasteiger partial charge on any atom is 0.0477 e. The van der Waals surface area contributed by atoms with Crippen LogP contribution < -0.4 is 5.73 Å². The number of nitrogen functional groups attached to an aromatic ring is 1. The Hall–Kier alpha value is -2.11. The largest absolute Gasteiger partial charge is 0.398 e. The van der Waals surface area contributed by atoms with Crippen molar-refractivity contribution in [3.8, 4) is 11.8 Å². The molecule has 0 aromatic heterocycles. The number of nitrogens with two attached hydrogens (primary N) is 1. The Balaban J connectivity index is 2.74. The molecule has 16 heavy (non-hydrogen) atoms. The monoisotopic (exact) mass is 214 g/mol. The van der Waals surface area contributed by atoms with Gasteiger partial charge in [-0.15, -0.1) is 0 Å². The molecule has 0 saturated heterocycles. The number of nitrogens with zero attached hydrogens (tertiary/aromatic N) is 3. The fourth-order valence-corrected chi connectivity index (χ4v) is 1.24. The van der Waals surface area contributed by atoms with Gasteiger partial charge in [-0.3, -0.25) is 0 Å². The van der Waals surface area contributed by atoms with Crippen molar-refractivity contribution in [2.45, 2.75) is 19.8 Å². The number of azide groups is 1. The highest BCUT2D eigenvalue weighted by molar-refractivity contribution is 5.57. The van der Waals surface area contributed by atoms with Crippen LogP contribution in [0, 0.1) is 11.8 Å². The Labute approximate surface area is 95.1 Å². The second kappa shape index (κ2) is 6.39. The summed E-state index contributed by atoms with van der Waals surface area (Å²) in [5, 5.41) is 3.41. The highest BCUT2D eigenvalue weighted by Crippen LogP contribution is 2.13. The third kappa shape index (κ3) is 3.56. The first-order valence-corrected chi connectivity index (χ1v) is 5.16. The fraction of sp³-hybridized carbons (Fsp3) is 0.333. The van der Waals surface area contributed by atoms with Crippen molar-refractivity contribution in [3.63, 3.8) is 0 Å². The van der Waals surface area contributed by atoms with Gasteiger partial charge in [0.15, 0.2) is 0 Å². The van der Waals surface area contributed by atoms with Gasteiger partial charge in [-0.05, 0) is 29.6 Å². The van der Waals surface area contributed by atoms with E-state index in [0.717, 1.165) is 12.0 Å². The van der Waals surface area contributed by atoms with Crippen LogP contribution in [0.15, 0.2) is 23.3 Å². The Kier molecular flexibility index (Phi) is 4.78. The van der Waals surface area contributed by atoms with Gasteiger partial charge in [0.2, 0.25) is 0 Å². The van der Waals surface area contributed by atoms with Gasteiger partial charge in [0.1, 0.15) is 0 Å². The summed E-state index contributed by atoms with van der Waals surface area (Å²) >= 11 is 0. The van der Waals surface area contributed by atoms with E-state index < -0.39 is 0 Å². The highest BCUT2D eigenvalue weighted by Gasteiger charge is 1.96. The molecule has 1 aromatic rings. The summed E-state index contributed by atoms with van der Waals surface area (Å²) < 4.78 is 0. The lowest BCUT2D eigenvalue weighted by molar-refractivity contribution is 1.01. The average Bonchev–Trinajstić information content (AvgIpc) is 2.31. The average molecular weight is 214 g/mol. The van der Waals surface area contributed by atoms with Crippen LogP contribution in [0.25, 0.3) is 10.4 Å². The molecule has 0 fully saturated rings. The number of anilines is 1. The first-order valence-electron chi connectivity index (χ1n) is 5.16. The van der Waals surface area contributed by atoms with Crippen molar-refractivity contribution in [3.05, 3.63) is 39.8 Å². The van der Waals surface area contributed by atoms with Gasteiger partial charge in [-0.25, -0.2) is 0 Å². The van der Waals surface area contributed by atoms with Crippen molar-refractivity contribution in [2.75, 3.05) is 12.3 Å². The van der Waals surface area contributed by atoms with Gasteiger partial charge < -0.3 is 5.73 Å². The molecule has 0 saturated carbocycles. The molecule has 2 N–H and O–H groups in total. The van der Waals surface area contributed by atoms with Crippen LogP contribution in [0.5, 0.6) is 0 Å². The summed E-state index contributed by atoms with van der Waals surface area (Å²) in [6.45, 7) is 2.49. The van der Waals surface area contributed by atoms with Crippen LogP contribution in [0.3, 0.4) is 0 Å². The molecular weight excluding hydrogens is 200 g/mol. The molecule has 4 heteroatoms. The lowest BCUT2D eigenvalue weighted by Crippen LogP contribution is -1.92. The van der Waals surface area contributed by atoms with E-state index in [4.69, 9.17) is 11.3 Å². The molecule has 82 valence electrons. The van der Waals surface area contributed by atoms with Crippen LogP contribution in [-0.2, 0) is 6.42 Å². The number of benzene rings is 1. The maximum absolute atomic E-state index is 8.09. The summed E-state index contributed by atoms with van der Waals surface area (Å²) in [6.07, 6.45) is 1.52. The Bertz CT molecular complexity index is 462. The van der Waals surface area contributed by atoms with Crippen molar-refractivity contribution in [1.82, 2.24) is 0 Å². The van der Waals surface area contributed by atoms with Gasteiger partial charge in [-0.2, -0.15) is 0 Å². The minimum atomic E-state index is 0.400. The summed E-state index contributed by atoms with van der Waals surface area (Å²) in [6, 6.07) is 5.87. The Morgan fingerprint density at radius 1 is 1.50 bits per heavy atom. The Morgan fingerprint density at radius 3 is 3.00 bits per heavy atom. The van der Waals surface area contributed by atoms with E-state index in [2.05, 4.69) is 28.8 Å². The standard InChI is InChI=1S/C12H14N4/c1-2-10-6-7-12(13)11(9-10)5-3-4-8-15-16-14/h6-7,9H,2,4,8,13H2,1H3. The second-order valence-electron chi connectivity index (χ2n) is 3.28. The maximum atomic E-state index is 8.09. The predicted octanol–water partition coefficient (Wildman–Crippen LogP) is 2.88. The number of rotatable bonds is 3. The zero-order chi connectivity index (χ0) is 11.8. The lowest BCUT2D eigenvalue weighted by Gasteiger charge is -2.01. The summed E-state index contributed by atoms with van der Waals surface area (Å²) in [4.78, 5) is 2.66. The third-order valence-corrected chi connectivity index (χ3v) is 2.15. The minimum absolute atomic E-state index is 0.400. The quantitative estimate of drug-likeness (QED) is 0.206. The van der Waals surface area contributed by atoms with Crippen LogP contribution in [0.4, 0.5) is 5.69 Å². The lowest BCUT2D eigenvalue weighted by atomic mass is 10.1. The van der Waals surface area contributed by atoms with Gasteiger partial charge in [0.05, 0.1) is 0 Å². The molecule has 0 amide bonds. The van der Waals surface area contributed by atoms with E-state index in [0.29, 0.717) is 18.7 Å². The van der Waals surface area contributed by atoms with E-state index in [9.17, 15) is 0 Å². The van der Waals surface area contributed by atoms with Gasteiger partial charge in [-0.1, -0.05) is 29.9 Å². The molecular formula is C12H14N4. The highest BCUT2D eigenvalue weighted by atomic mass is 15.1. The molecule has 1 aromatic carbocycles. The third-order valence-electron chi connectivity index (χ3n) is 2.15. The molecule has 0 aliphatic carbocycles. The molecule has 0 aliphatic rings. The van der Waals surface area contributed by atoms with E-state index in [1.165, 1.54) is 5.56 Å². The summed E-state index contributed by atoms with van der Waals surface area (Å²) in [7, 11) is 0. The number of hydrogen-bond donors (Lipinski definition) is 1. The van der Waals surface area contributed by atoms with E-state index in [1.807, 2.05) is 18.2 Å². The summed E-state index contributed by atoms with van der Waals surface area (Å²) in [5.74, 6) is 5.92. The summed E-state index contributed by atoms with van der Waals surface area (Å²) in [5.41, 5.74) is 16.6. The predicted molar refractivity (Wildman–Crippen MR) is 65.7 cm³/mol. The fourth-order valence-electron chi connectivity index (χ4n) is 1.24. The molecule has 0 unspecified atom stereocenters.